The highest BCUT2D eigenvalue weighted by Crippen LogP contribution is 2.17. The number of aromatic nitrogens is 2. The van der Waals surface area contributed by atoms with Gasteiger partial charge in [0.05, 0.1) is 16.3 Å². The molecule has 0 saturated carbocycles. The van der Waals surface area contributed by atoms with E-state index in [4.69, 9.17) is 4.74 Å². The first-order valence-electron chi connectivity index (χ1n) is 5.17. The topological polar surface area (TPSA) is 52.1 Å². The molecule has 0 saturated heterocycles. The highest BCUT2D eigenvalue weighted by molar-refractivity contribution is 7.11. The summed E-state index contributed by atoms with van der Waals surface area (Å²) in [6, 6.07) is 3.25. The van der Waals surface area contributed by atoms with Crippen LogP contribution >= 0.6 is 11.3 Å². The SMILES string of the molecule is Cc1nc(COC(=O)c2ccncc2)c(C)s1. The van der Waals surface area contributed by atoms with Gasteiger partial charge in [-0.25, -0.2) is 9.78 Å². The van der Waals surface area contributed by atoms with Gasteiger partial charge in [-0.05, 0) is 26.0 Å². The van der Waals surface area contributed by atoms with Crippen molar-refractivity contribution < 1.29 is 9.53 Å². The van der Waals surface area contributed by atoms with Crippen molar-refractivity contribution >= 4 is 17.3 Å². The molecule has 0 aliphatic heterocycles. The van der Waals surface area contributed by atoms with Gasteiger partial charge in [0, 0.05) is 17.3 Å². The van der Waals surface area contributed by atoms with E-state index in [1.807, 2.05) is 13.8 Å². The lowest BCUT2D eigenvalue weighted by molar-refractivity contribution is 0.0467. The van der Waals surface area contributed by atoms with Gasteiger partial charge in [-0.2, -0.15) is 0 Å². The number of pyridine rings is 1. The molecule has 2 aromatic rings. The fourth-order valence-corrected chi connectivity index (χ4v) is 2.23. The molecule has 2 aromatic heterocycles. The van der Waals surface area contributed by atoms with E-state index in [9.17, 15) is 4.79 Å². The number of esters is 1. The normalized spacial score (nSPS) is 10.2. The van der Waals surface area contributed by atoms with Crippen LogP contribution in [0.1, 0.15) is 25.9 Å². The molecule has 0 aliphatic carbocycles. The van der Waals surface area contributed by atoms with Crippen LogP contribution in [0.15, 0.2) is 24.5 Å². The molecule has 0 amide bonds. The highest BCUT2D eigenvalue weighted by Gasteiger charge is 2.10. The van der Waals surface area contributed by atoms with Gasteiger partial charge in [0.2, 0.25) is 0 Å². The molecule has 5 heteroatoms. The number of rotatable bonds is 3. The number of hydrogen-bond donors (Lipinski definition) is 0. The highest BCUT2D eigenvalue weighted by atomic mass is 32.1. The van der Waals surface area contributed by atoms with Gasteiger partial charge in [-0.15, -0.1) is 11.3 Å². The lowest BCUT2D eigenvalue weighted by atomic mass is 10.3. The molecule has 0 atom stereocenters. The predicted molar refractivity (Wildman–Crippen MR) is 64.9 cm³/mol. The van der Waals surface area contributed by atoms with Gasteiger partial charge < -0.3 is 4.74 Å². The molecule has 4 nitrogen and oxygen atoms in total. The van der Waals surface area contributed by atoms with Crippen LogP contribution in [-0.2, 0) is 11.3 Å². The van der Waals surface area contributed by atoms with E-state index in [1.165, 1.54) is 0 Å². The van der Waals surface area contributed by atoms with Crippen LogP contribution in [0, 0.1) is 13.8 Å². The van der Waals surface area contributed by atoms with E-state index in [2.05, 4.69) is 9.97 Å². The lowest BCUT2D eigenvalue weighted by Gasteiger charge is -2.03. The van der Waals surface area contributed by atoms with Crippen molar-refractivity contribution in [1.29, 1.82) is 0 Å². The largest absolute Gasteiger partial charge is 0.456 e. The molecule has 2 heterocycles. The summed E-state index contributed by atoms with van der Waals surface area (Å²) in [5.41, 5.74) is 1.33. The summed E-state index contributed by atoms with van der Waals surface area (Å²) < 4.78 is 5.19. The number of nitrogens with zero attached hydrogens (tertiary/aromatic N) is 2. The third-order valence-electron chi connectivity index (χ3n) is 2.26. The molecule has 0 radical (unpaired) electrons. The molecule has 0 bridgehead atoms. The molecule has 2 rings (SSSR count). The average Bonchev–Trinajstić information content (AvgIpc) is 2.66. The zero-order valence-corrected chi connectivity index (χ0v) is 10.5. The minimum Gasteiger partial charge on any atom is -0.456 e. The van der Waals surface area contributed by atoms with Gasteiger partial charge in [0.1, 0.15) is 6.61 Å². The average molecular weight is 248 g/mol. The van der Waals surface area contributed by atoms with Gasteiger partial charge in [-0.3, -0.25) is 4.98 Å². The number of thiazole rings is 1. The Morgan fingerprint density at radius 3 is 2.65 bits per heavy atom. The molecule has 88 valence electrons. The smallest absolute Gasteiger partial charge is 0.338 e. The van der Waals surface area contributed by atoms with Gasteiger partial charge in [0.15, 0.2) is 0 Å². The number of carbonyl (C=O) groups excluding carboxylic acids is 1. The van der Waals surface area contributed by atoms with Crippen molar-refractivity contribution in [2.45, 2.75) is 20.5 Å². The maximum absolute atomic E-state index is 11.7. The van der Waals surface area contributed by atoms with Crippen molar-refractivity contribution in [2.24, 2.45) is 0 Å². The Bertz CT molecular complexity index is 523. The fourth-order valence-electron chi connectivity index (χ4n) is 1.41. The molecular weight excluding hydrogens is 236 g/mol. The maximum Gasteiger partial charge on any atom is 0.338 e. The Labute approximate surface area is 103 Å². The number of aryl methyl sites for hydroxylation is 2. The second-order valence-corrected chi connectivity index (χ2v) is 4.96. The summed E-state index contributed by atoms with van der Waals surface area (Å²) in [7, 11) is 0. The van der Waals surface area contributed by atoms with Crippen LogP contribution in [0.4, 0.5) is 0 Å². The van der Waals surface area contributed by atoms with Crippen LogP contribution < -0.4 is 0 Å². The first kappa shape index (κ1) is 11.7. The third kappa shape index (κ3) is 2.88. The number of ether oxygens (including phenoxy) is 1. The Morgan fingerprint density at radius 2 is 2.06 bits per heavy atom. The summed E-state index contributed by atoms with van der Waals surface area (Å²) in [4.78, 5) is 20.9. The third-order valence-corrected chi connectivity index (χ3v) is 3.18. The fraction of sp³-hybridized carbons (Fsp3) is 0.250. The first-order valence-corrected chi connectivity index (χ1v) is 5.98. The van der Waals surface area contributed by atoms with Crippen molar-refractivity contribution in [3.8, 4) is 0 Å². The standard InChI is InChI=1S/C12H12N2O2S/c1-8-11(14-9(2)17-8)7-16-12(15)10-3-5-13-6-4-10/h3-6H,7H2,1-2H3. The summed E-state index contributed by atoms with van der Waals surface area (Å²) in [5.74, 6) is -0.350. The summed E-state index contributed by atoms with van der Waals surface area (Å²) in [5, 5.41) is 0.984. The van der Waals surface area contributed by atoms with E-state index in [-0.39, 0.29) is 12.6 Å². The van der Waals surface area contributed by atoms with Gasteiger partial charge in [0.25, 0.3) is 0 Å². The van der Waals surface area contributed by atoms with E-state index < -0.39 is 0 Å². The second kappa shape index (κ2) is 5.05. The van der Waals surface area contributed by atoms with Crippen LogP contribution in [0.2, 0.25) is 0 Å². The monoisotopic (exact) mass is 248 g/mol. The molecule has 0 fully saturated rings. The van der Waals surface area contributed by atoms with Crippen LogP contribution in [0.5, 0.6) is 0 Å². The van der Waals surface area contributed by atoms with E-state index in [0.29, 0.717) is 5.56 Å². The van der Waals surface area contributed by atoms with E-state index >= 15 is 0 Å². The Balaban J connectivity index is 1.99. The number of hydrogen-bond acceptors (Lipinski definition) is 5. The zero-order valence-electron chi connectivity index (χ0n) is 9.64. The van der Waals surface area contributed by atoms with Crippen LogP contribution in [-0.4, -0.2) is 15.9 Å². The number of carbonyl (C=O) groups is 1. The van der Waals surface area contributed by atoms with Crippen molar-refractivity contribution in [2.75, 3.05) is 0 Å². The van der Waals surface area contributed by atoms with Gasteiger partial charge >= 0.3 is 5.97 Å². The predicted octanol–water partition coefficient (Wildman–Crippen LogP) is 2.51. The lowest BCUT2D eigenvalue weighted by Crippen LogP contribution is -2.06. The molecule has 0 spiro atoms. The zero-order chi connectivity index (χ0) is 12.3. The second-order valence-electron chi connectivity index (χ2n) is 3.55. The molecular formula is C12H12N2O2S. The molecule has 0 unspecified atom stereocenters. The Morgan fingerprint density at radius 1 is 1.35 bits per heavy atom. The quantitative estimate of drug-likeness (QED) is 0.783. The molecule has 0 aliphatic rings. The van der Waals surface area contributed by atoms with Crippen molar-refractivity contribution in [1.82, 2.24) is 9.97 Å². The minimum absolute atomic E-state index is 0.220. The van der Waals surface area contributed by atoms with Gasteiger partial charge in [-0.1, -0.05) is 0 Å². The summed E-state index contributed by atoms with van der Waals surface area (Å²) >= 11 is 1.60. The van der Waals surface area contributed by atoms with E-state index in [0.717, 1.165) is 15.6 Å². The Hall–Kier alpha value is -1.75. The van der Waals surface area contributed by atoms with Crippen molar-refractivity contribution in [3.05, 3.63) is 45.7 Å². The molecule has 0 N–H and O–H groups in total. The van der Waals surface area contributed by atoms with Crippen molar-refractivity contribution in [3.63, 3.8) is 0 Å². The minimum atomic E-state index is -0.350. The van der Waals surface area contributed by atoms with E-state index in [1.54, 1.807) is 35.9 Å². The summed E-state index contributed by atoms with van der Waals surface area (Å²) in [6.45, 7) is 4.13. The van der Waals surface area contributed by atoms with Crippen LogP contribution in [0.3, 0.4) is 0 Å². The molecule has 0 aromatic carbocycles. The molecule has 17 heavy (non-hydrogen) atoms. The Kier molecular flexibility index (Phi) is 3.49. The maximum atomic E-state index is 11.7. The van der Waals surface area contributed by atoms with Crippen LogP contribution in [0.25, 0.3) is 0 Å². The first-order chi connectivity index (χ1) is 8.16. The summed E-state index contributed by atoms with van der Waals surface area (Å²) in [6.07, 6.45) is 3.13.